The van der Waals surface area contributed by atoms with Gasteiger partial charge in [-0.05, 0) is 87.9 Å². The highest BCUT2D eigenvalue weighted by Gasteiger charge is 2.57. The zero-order chi connectivity index (χ0) is 21.7. The van der Waals surface area contributed by atoms with Gasteiger partial charge in [0.15, 0.2) is 11.5 Å². The van der Waals surface area contributed by atoms with Gasteiger partial charge in [-0.15, -0.1) is 12.4 Å². The molecule has 178 valence electrons. The predicted octanol–water partition coefficient (Wildman–Crippen LogP) is 4.39. The predicted molar refractivity (Wildman–Crippen MR) is 127 cm³/mol. The van der Waals surface area contributed by atoms with Crippen LogP contribution in [0.2, 0.25) is 0 Å². The minimum atomic E-state index is -0.484. The fourth-order valence-corrected chi connectivity index (χ4v) is 8.57. The molecule has 7 aliphatic rings. The van der Waals surface area contributed by atoms with Gasteiger partial charge >= 0.3 is 5.97 Å². The number of rotatable bonds is 2. The molecular formula is C27H34ClNO4. The summed E-state index contributed by atoms with van der Waals surface area (Å²) in [6, 6.07) is 4.09. The number of aliphatic hydroxyl groups excluding tert-OH is 1. The van der Waals surface area contributed by atoms with Gasteiger partial charge in [-0.2, -0.15) is 0 Å². The van der Waals surface area contributed by atoms with E-state index in [1.165, 1.54) is 30.4 Å². The molecule has 3 unspecified atom stereocenters. The Kier molecular flexibility index (Phi) is 4.96. The third-order valence-electron chi connectivity index (χ3n) is 9.60. The second-order valence-electron chi connectivity index (χ2n) is 11.8. The van der Waals surface area contributed by atoms with Crippen molar-refractivity contribution in [3.8, 4) is 11.5 Å². The topological polar surface area (TPSA) is 59.0 Å². The number of ether oxygens (including phenoxy) is 2. The number of hydrogen-bond donors (Lipinski definition) is 1. The smallest absolute Gasteiger partial charge is 0.317 e. The summed E-state index contributed by atoms with van der Waals surface area (Å²) >= 11 is 0. The Balaban J connectivity index is 0.00000206. The molecule has 4 bridgehead atoms. The van der Waals surface area contributed by atoms with E-state index in [1.807, 2.05) is 12.1 Å². The van der Waals surface area contributed by atoms with E-state index >= 15 is 0 Å². The lowest BCUT2D eigenvalue weighted by Gasteiger charge is -2.55. The molecule has 4 saturated carbocycles. The average molecular weight is 472 g/mol. The van der Waals surface area contributed by atoms with Crippen LogP contribution in [0.15, 0.2) is 24.3 Å². The van der Waals surface area contributed by atoms with Crippen LogP contribution in [0.4, 0.5) is 0 Å². The molecule has 1 aromatic rings. The Morgan fingerprint density at radius 1 is 1.12 bits per heavy atom. The SMILES string of the molecule is CN1CCC23C=CC(O)CC2Oc2c(OC(=O)C45CC6CC(CC(C6)C4)C5)ccc(c23)C1.Cl. The normalized spacial score (nSPS) is 42.1. The number of carbonyl (C=O) groups excluding carboxylic acids is 1. The molecule has 6 heteroatoms. The maximum Gasteiger partial charge on any atom is 0.317 e. The number of aliphatic hydroxyl groups is 1. The molecular weight excluding hydrogens is 438 g/mol. The molecule has 3 atom stereocenters. The molecule has 2 heterocycles. The molecule has 0 amide bonds. The molecule has 5 nitrogen and oxygen atoms in total. The van der Waals surface area contributed by atoms with Crippen LogP contribution >= 0.6 is 12.4 Å². The van der Waals surface area contributed by atoms with Gasteiger partial charge in [0.05, 0.1) is 16.9 Å². The van der Waals surface area contributed by atoms with E-state index in [4.69, 9.17) is 9.47 Å². The fraction of sp³-hybridized carbons (Fsp3) is 0.667. The zero-order valence-electron chi connectivity index (χ0n) is 19.3. The first-order valence-corrected chi connectivity index (χ1v) is 12.6. The van der Waals surface area contributed by atoms with Gasteiger partial charge in [0.1, 0.15) is 6.10 Å². The second kappa shape index (κ2) is 7.47. The first-order chi connectivity index (χ1) is 15.4. The molecule has 1 spiro atoms. The van der Waals surface area contributed by atoms with Crippen molar-refractivity contribution in [3.05, 3.63) is 35.4 Å². The molecule has 0 radical (unpaired) electrons. The van der Waals surface area contributed by atoms with Gasteiger partial charge < -0.3 is 19.5 Å². The van der Waals surface area contributed by atoms with Crippen LogP contribution in [-0.2, 0) is 16.8 Å². The van der Waals surface area contributed by atoms with E-state index in [0.29, 0.717) is 29.9 Å². The van der Waals surface area contributed by atoms with E-state index < -0.39 is 6.10 Å². The summed E-state index contributed by atoms with van der Waals surface area (Å²) in [5, 5.41) is 10.3. The molecule has 4 fully saturated rings. The van der Waals surface area contributed by atoms with Crippen LogP contribution in [0.1, 0.15) is 62.5 Å². The summed E-state index contributed by atoms with van der Waals surface area (Å²) in [6.45, 7) is 1.83. The molecule has 0 saturated heterocycles. The van der Waals surface area contributed by atoms with E-state index in [1.54, 1.807) is 0 Å². The Bertz CT molecular complexity index is 986. The summed E-state index contributed by atoms with van der Waals surface area (Å²) in [5.74, 6) is 3.44. The Morgan fingerprint density at radius 3 is 2.52 bits per heavy atom. The quantitative estimate of drug-likeness (QED) is 0.394. The molecule has 0 aromatic heterocycles. The van der Waals surface area contributed by atoms with Crippen LogP contribution in [0.5, 0.6) is 11.5 Å². The molecule has 1 N–H and O–H groups in total. The van der Waals surface area contributed by atoms with Crippen molar-refractivity contribution in [1.29, 1.82) is 0 Å². The number of benzene rings is 1. The van der Waals surface area contributed by atoms with Crippen LogP contribution < -0.4 is 9.47 Å². The summed E-state index contributed by atoms with van der Waals surface area (Å²) in [7, 11) is 2.16. The highest BCUT2D eigenvalue weighted by molar-refractivity contribution is 5.85. The van der Waals surface area contributed by atoms with Crippen molar-refractivity contribution in [3.63, 3.8) is 0 Å². The van der Waals surface area contributed by atoms with Gasteiger partial charge in [0, 0.05) is 18.5 Å². The maximum absolute atomic E-state index is 13.7. The average Bonchev–Trinajstić information content (AvgIpc) is 3.00. The number of nitrogens with zero attached hydrogens (tertiary/aromatic N) is 1. The van der Waals surface area contributed by atoms with Crippen molar-refractivity contribution in [2.24, 2.45) is 23.2 Å². The zero-order valence-corrected chi connectivity index (χ0v) is 20.1. The van der Waals surface area contributed by atoms with Gasteiger partial charge in [0.2, 0.25) is 0 Å². The lowest BCUT2D eigenvalue weighted by molar-refractivity contribution is -0.161. The molecule has 5 aliphatic carbocycles. The Hall–Kier alpha value is -1.56. The number of carbonyl (C=O) groups is 1. The van der Waals surface area contributed by atoms with Crippen molar-refractivity contribution >= 4 is 18.4 Å². The first-order valence-electron chi connectivity index (χ1n) is 12.6. The van der Waals surface area contributed by atoms with Crippen LogP contribution in [-0.4, -0.2) is 41.8 Å². The number of esters is 1. The number of hydrogen-bond acceptors (Lipinski definition) is 5. The standard InChI is InChI=1S/C27H33NO4.ClH/c1-28-7-6-27-5-4-20(29)11-22(27)32-24-21(3-2-19(15-28)23(24)27)31-25(30)26-12-16-8-17(13-26)10-18(9-16)14-26;/h2-5,16-18,20,22,29H,6-15H2,1H3;1H. The molecule has 1 aromatic carbocycles. The third kappa shape index (κ3) is 3.15. The first kappa shape index (κ1) is 21.9. The van der Waals surface area contributed by atoms with Crippen LogP contribution in [0.3, 0.4) is 0 Å². The molecule has 33 heavy (non-hydrogen) atoms. The summed E-state index contributed by atoms with van der Waals surface area (Å²) in [4.78, 5) is 16.0. The minimum Gasteiger partial charge on any atom is -0.485 e. The highest BCUT2D eigenvalue weighted by Crippen LogP contribution is 2.61. The van der Waals surface area contributed by atoms with Crippen molar-refractivity contribution < 1.29 is 19.4 Å². The highest BCUT2D eigenvalue weighted by atomic mass is 35.5. The lowest BCUT2D eigenvalue weighted by Crippen LogP contribution is -2.51. The third-order valence-corrected chi connectivity index (χ3v) is 9.60. The van der Waals surface area contributed by atoms with Gasteiger partial charge in [0.25, 0.3) is 0 Å². The lowest BCUT2D eigenvalue weighted by atomic mass is 9.49. The second-order valence-corrected chi connectivity index (χ2v) is 11.8. The summed E-state index contributed by atoms with van der Waals surface area (Å²) in [5.41, 5.74) is 1.91. The van der Waals surface area contributed by atoms with Gasteiger partial charge in [-0.3, -0.25) is 4.79 Å². The van der Waals surface area contributed by atoms with Gasteiger partial charge in [-0.1, -0.05) is 18.2 Å². The van der Waals surface area contributed by atoms with Gasteiger partial charge in [-0.25, -0.2) is 0 Å². The van der Waals surface area contributed by atoms with E-state index in [9.17, 15) is 9.90 Å². The van der Waals surface area contributed by atoms with Crippen LogP contribution in [0, 0.1) is 23.2 Å². The van der Waals surface area contributed by atoms with Crippen molar-refractivity contribution in [1.82, 2.24) is 4.90 Å². The Labute approximate surface area is 201 Å². The Morgan fingerprint density at radius 2 is 1.82 bits per heavy atom. The molecule has 8 rings (SSSR count). The minimum absolute atomic E-state index is 0. The van der Waals surface area contributed by atoms with Crippen molar-refractivity contribution in [2.75, 3.05) is 13.6 Å². The van der Waals surface area contributed by atoms with E-state index in [0.717, 1.165) is 44.5 Å². The monoisotopic (exact) mass is 471 g/mol. The number of halogens is 1. The maximum atomic E-state index is 13.7. The molecule has 2 aliphatic heterocycles. The van der Waals surface area contributed by atoms with E-state index in [2.05, 4.69) is 24.1 Å². The van der Waals surface area contributed by atoms with E-state index in [-0.39, 0.29) is 35.3 Å². The van der Waals surface area contributed by atoms with Crippen LogP contribution in [0.25, 0.3) is 0 Å². The van der Waals surface area contributed by atoms with Crippen molar-refractivity contribution in [2.45, 2.75) is 75.5 Å². The summed E-state index contributed by atoms with van der Waals surface area (Å²) in [6.07, 6.45) is 12.0. The summed E-state index contributed by atoms with van der Waals surface area (Å²) < 4.78 is 12.8. The fourth-order valence-electron chi connectivity index (χ4n) is 8.57. The largest absolute Gasteiger partial charge is 0.485 e.